The van der Waals surface area contributed by atoms with Crippen molar-refractivity contribution >= 4 is 0 Å². The molecule has 19 heavy (non-hydrogen) atoms. The Bertz CT molecular complexity index is 381. The van der Waals surface area contributed by atoms with E-state index in [9.17, 15) is 0 Å². The summed E-state index contributed by atoms with van der Waals surface area (Å²) in [6.07, 6.45) is 0.118. The molecule has 0 aliphatic heterocycles. The van der Waals surface area contributed by atoms with E-state index in [0.29, 0.717) is 13.2 Å². The van der Waals surface area contributed by atoms with E-state index in [1.165, 1.54) is 22.3 Å². The average Bonchev–Trinajstić information content (AvgIpc) is 2.32. The molecule has 0 fully saturated rings. The molecule has 0 aromatic heterocycles. The highest BCUT2D eigenvalue weighted by atomic mass is 16.5. The number of benzene rings is 1. The van der Waals surface area contributed by atoms with E-state index in [-0.39, 0.29) is 12.1 Å². The third kappa shape index (κ3) is 4.60. The van der Waals surface area contributed by atoms with E-state index in [2.05, 4.69) is 38.2 Å². The molecule has 0 spiro atoms. The van der Waals surface area contributed by atoms with Gasteiger partial charge in [-0.3, -0.25) is 0 Å². The Balaban J connectivity index is 2.80. The zero-order valence-corrected chi connectivity index (χ0v) is 13.0. The van der Waals surface area contributed by atoms with E-state index in [1.807, 2.05) is 14.0 Å². The van der Waals surface area contributed by atoms with Gasteiger partial charge < -0.3 is 14.8 Å². The predicted molar refractivity (Wildman–Crippen MR) is 79.7 cm³/mol. The molecule has 2 atom stereocenters. The second kappa shape index (κ2) is 7.63. The zero-order valence-electron chi connectivity index (χ0n) is 13.0. The minimum atomic E-state index is 0.118. The van der Waals surface area contributed by atoms with Crippen molar-refractivity contribution in [1.29, 1.82) is 0 Å². The van der Waals surface area contributed by atoms with Gasteiger partial charge in [-0.15, -0.1) is 0 Å². The quantitative estimate of drug-likeness (QED) is 0.822. The monoisotopic (exact) mass is 265 g/mol. The molecule has 0 bridgehead atoms. The van der Waals surface area contributed by atoms with Gasteiger partial charge in [0.15, 0.2) is 0 Å². The van der Waals surface area contributed by atoms with Crippen molar-refractivity contribution < 1.29 is 9.47 Å². The molecule has 0 aliphatic rings. The summed E-state index contributed by atoms with van der Waals surface area (Å²) in [7, 11) is 3.68. The lowest BCUT2D eigenvalue weighted by Gasteiger charge is -2.23. The van der Waals surface area contributed by atoms with Crippen molar-refractivity contribution in [3.63, 3.8) is 0 Å². The highest BCUT2D eigenvalue weighted by molar-refractivity contribution is 5.39. The van der Waals surface area contributed by atoms with E-state index in [4.69, 9.17) is 9.47 Å². The van der Waals surface area contributed by atoms with E-state index in [1.54, 1.807) is 7.11 Å². The van der Waals surface area contributed by atoms with Gasteiger partial charge >= 0.3 is 0 Å². The second-order valence-corrected chi connectivity index (χ2v) is 5.25. The number of likely N-dealkylation sites (N-methyl/N-ethyl adjacent to an activating group) is 1. The van der Waals surface area contributed by atoms with Gasteiger partial charge in [-0.05, 0) is 51.4 Å². The summed E-state index contributed by atoms with van der Waals surface area (Å²) < 4.78 is 10.9. The molecule has 1 rings (SSSR count). The highest BCUT2D eigenvalue weighted by Gasteiger charge is 2.16. The number of aryl methyl sites for hydroxylation is 3. The molecule has 0 amide bonds. The van der Waals surface area contributed by atoms with Gasteiger partial charge in [0.05, 0.1) is 25.4 Å². The van der Waals surface area contributed by atoms with Crippen LogP contribution in [-0.4, -0.2) is 33.5 Å². The first-order valence-corrected chi connectivity index (χ1v) is 6.85. The maximum absolute atomic E-state index is 5.84. The van der Waals surface area contributed by atoms with Gasteiger partial charge in [0.25, 0.3) is 0 Å². The maximum Gasteiger partial charge on any atom is 0.0781 e. The molecule has 1 aromatic rings. The normalized spacial score (nSPS) is 14.4. The molecular formula is C16H27NO2. The molecule has 0 radical (unpaired) electrons. The van der Waals surface area contributed by atoms with Crippen molar-refractivity contribution in [2.24, 2.45) is 0 Å². The highest BCUT2D eigenvalue weighted by Crippen LogP contribution is 2.24. The fourth-order valence-electron chi connectivity index (χ4n) is 2.60. The van der Waals surface area contributed by atoms with Crippen molar-refractivity contribution in [2.45, 2.75) is 39.8 Å². The number of hydrogen-bond donors (Lipinski definition) is 1. The summed E-state index contributed by atoms with van der Waals surface area (Å²) in [6, 6.07) is 4.68. The van der Waals surface area contributed by atoms with Crippen LogP contribution < -0.4 is 5.32 Å². The average molecular weight is 265 g/mol. The number of nitrogens with one attached hydrogen (secondary N) is 1. The van der Waals surface area contributed by atoms with Crippen LogP contribution in [0.4, 0.5) is 0 Å². The minimum Gasteiger partial charge on any atom is -0.382 e. The molecule has 2 unspecified atom stereocenters. The van der Waals surface area contributed by atoms with Crippen LogP contribution in [0.2, 0.25) is 0 Å². The Kier molecular flexibility index (Phi) is 6.49. The van der Waals surface area contributed by atoms with Crippen LogP contribution in [0.5, 0.6) is 0 Å². The Morgan fingerprint density at radius 3 is 2.16 bits per heavy atom. The summed E-state index contributed by atoms with van der Waals surface area (Å²) in [5.74, 6) is 0. The number of methoxy groups -OCH3 is 1. The van der Waals surface area contributed by atoms with Crippen LogP contribution in [0.25, 0.3) is 0 Å². The largest absolute Gasteiger partial charge is 0.382 e. The lowest BCUT2D eigenvalue weighted by molar-refractivity contribution is 0.0000883. The smallest absolute Gasteiger partial charge is 0.0781 e. The summed E-state index contributed by atoms with van der Waals surface area (Å²) in [5, 5.41) is 3.35. The van der Waals surface area contributed by atoms with Crippen LogP contribution in [0.3, 0.4) is 0 Å². The molecular weight excluding hydrogens is 238 g/mol. The molecule has 0 saturated carbocycles. The Morgan fingerprint density at radius 2 is 1.68 bits per heavy atom. The molecule has 0 aliphatic carbocycles. The summed E-state index contributed by atoms with van der Waals surface area (Å²) in [4.78, 5) is 0. The summed E-state index contributed by atoms with van der Waals surface area (Å²) >= 11 is 0. The first-order valence-electron chi connectivity index (χ1n) is 6.85. The Labute approximate surface area is 117 Å². The first-order chi connectivity index (χ1) is 8.99. The van der Waals surface area contributed by atoms with E-state index in [0.717, 1.165) is 0 Å². The van der Waals surface area contributed by atoms with Crippen molar-refractivity contribution in [3.8, 4) is 0 Å². The lowest BCUT2D eigenvalue weighted by Crippen LogP contribution is -2.27. The number of ether oxygens (including phenoxy) is 2. The zero-order chi connectivity index (χ0) is 14.4. The van der Waals surface area contributed by atoms with Crippen LogP contribution in [0.15, 0.2) is 12.1 Å². The minimum absolute atomic E-state index is 0.118. The summed E-state index contributed by atoms with van der Waals surface area (Å²) in [6.45, 7) is 9.78. The number of rotatable bonds is 7. The fourth-order valence-corrected chi connectivity index (χ4v) is 2.60. The van der Waals surface area contributed by atoms with Gasteiger partial charge in [-0.1, -0.05) is 17.7 Å². The fraction of sp³-hybridized carbons (Fsp3) is 0.625. The molecule has 1 N–H and O–H groups in total. The van der Waals surface area contributed by atoms with Crippen LogP contribution >= 0.6 is 0 Å². The lowest BCUT2D eigenvalue weighted by atomic mass is 9.94. The van der Waals surface area contributed by atoms with E-state index < -0.39 is 0 Å². The van der Waals surface area contributed by atoms with Gasteiger partial charge in [-0.25, -0.2) is 0 Å². The van der Waals surface area contributed by atoms with E-state index >= 15 is 0 Å². The van der Waals surface area contributed by atoms with Crippen LogP contribution in [-0.2, 0) is 9.47 Å². The van der Waals surface area contributed by atoms with Gasteiger partial charge in [-0.2, -0.15) is 0 Å². The Morgan fingerprint density at radius 1 is 1.11 bits per heavy atom. The first kappa shape index (κ1) is 16.2. The van der Waals surface area contributed by atoms with Crippen molar-refractivity contribution in [3.05, 3.63) is 34.4 Å². The standard InChI is InChI=1S/C16H27NO2/c1-11-7-12(2)16(13(3)8-11)15(17-5)10-19-14(4)9-18-6/h7-8,14-15,17H,9-10H2,1-6H3. The SMILES string of the molecule is CNC(COC(C)COC)c1c(C)cc(C)cc1C. The molecule has 108 valence electrons. The number of hydrogen-bond acceptors (Lipinski definition) is 3. The molecule has 3 heteroatoms. The van der Waals surface area contributed by atoms with Gasteiger partial charge in [0, 0.05) is 7.11 Å². The summed E-state index contributed by atoms with van der Waals surface area (Å²) in [5.41, 5.74) is 5.29. The second-order valence-electron chi connectivity index (χ2n) is 5.25. The third-order valence-electron chi connectivity index (χ3n) is 3.38. The topological polar surface area (TPSA) is 30.5 Å². The van der Waals surface area contributed by atoms with Gasteiger partial charge in [0.2, 0.25) is 0 Å². The molecule has 0 saturated heterocycles. The third-order valence-corrected chi connectivity index (χ3v) is 3.38. The Hall–Kier alpha value is -0.900. The van der Waals surface area contributed by atoms with Crippen molar-refractivity contribution in [1.82, 2.24) is 5.32 Å². The molecule has 3 nitrogen and oxygen atoms in total. The molecule has 1 aromatic carbocycles. The van der Waals surface area contributed by atoms with Gasteiger partial charge in [0.1, 0.15) is 0 Å². The van der Waals surface area contributed by atoms with Crippen LogP contribution in [0.1, 0.15) is 35.2 Å². The molecule has 0 heterocycles. The maximum atomic E-state index is 5.84. The van der Waals surface area contributed by atoms with Crippen LogP contribution in [0, 0.1) is 20.8 Å². The van der Waals surface area contributed by atoms with Crippen molar-refractivity contribution in [2.75, 3.05) is 27.4 Å². The predicted octanol–water partition coefficient (Wildman–Crippen LogP) is 2.92.